The zero-order valence-corrected chi connectivity index (χ0v) is 15.1. The molecule has 1 aromatic rings. The molecule has 0 aliphatic carbocycles. The van der Waals surface area contributed by atoms with Crippen LogP contribution < -0.4 is 16.0 Å². The first-order valence-electron chi connectivity index (χ1n) is 8.38. The summed E-state index contributed by atoms with van der Waals surface area (Å²) in [6.07, 6.45) is 5.74. The maximum atomic E-state index is 12.3. The third-order valence-electron chi connectivity index (χ3n) is 3.52. The van der Waals surface area contributed by atoms with E-state index in [-0.39, 0.29) is 24.9 Å². The van der Waals surface area contributed by atoms with E-state index in [0.29, 0.717) is 24.4 Å². The molecule has 0 fully saturated rings. The third kappa shape index (κ3) is 8.49. The molecule has 0 radical (unpaired) electrons. The van der Waals surface area contributed by atoms with Crippen molar-refractivity contribution in [3.05, 3.63) is 40.8 Å². The topological polar surface area (TPSA) is 120 Å². The van der Waals surface area contributed by atoms with E-state index in [4.69, 9.17) is 6.42 Å². The Balaban J connectivity index is 2.46. The number of nitrogens with one attached hydrogen (secondary N) is 3. The molecule has 1 rings (SSSR count). The van der Waals surface area contributed by atoms with Gasteiger partial charge in [0.25, 0.3) is 0 Å². The van der Waals surface area contributed by atoms with Crippen molar-refractivity contribution >= 4 is 17.8 Å². The second-order valence-corrected chi connectivity index (χ2v) is 5.67. The number of hydrogen-bond donors (Lipinski definition) is 3. The molecule has 0 saturated heterocycles. The fourth-order valence-electron chi connectivity index (χ4n) is 2.24. The van der Waals surface area contributed by atoms with Gasteiger partial charge in [-0.15, -0.1) is 11.3 Å². The van der Waals surface area contributed by atoms with Gasteiger partial charge in [-0.2, -0.15) is 5.01 Å². The Morgan fingerprint density at radius 2 is 1.93 bits per heavy atom. The summed E-state index contributed by atoms with van der Waals surface area (Å²) in [6, 6.07) is 7.94. The van der Waals surface area contributed by atoms with Crippen molar-refractivity contribution in [3.63, 3.8) is 0 Å². The van der Waals surface area contributed by atoms with E-state index in [1.54, 1.807) is 0 Å². The number of nitrogens with zero attached hydrogens (tertiary/aromatic N) is 2. The molecule has 3 N–H and O–H groups in total. The van der Waals surface area contributed by atoms with Crippen molar-refractivity contribution in [1.82, 2.24) is 21.0 Å². The van der Waals surface area contributed by atoms with Crippen LogP contribution in [0.3, 0.4) is 0 Å². The second kappa shape index (κ2) is 12.0. The van der Waals surface area contributed by atoms with Crippen LogP contribution in [0.5, 0.6) is 0 Å². The fourth-order valence-corrected chi connectivity index (χ4v) is 2.24. The molecule has 0 spiro atoms. The molecule has 144 valence electrons. The summed E-state index contributed by atoms with van der Waals surface area (Å²) in [5.41, 5.74) is 0.939. The molecule has 9 heteroatoms. The number of nitroso groups, excluding NO2 is 1. The van der Waals surface area contributed by atoms with E-state index in [9.17, 15) is 19.3 Å². The predicted octanol–water partition coefficient (Wildman–Crippen LogP) is 0.914. The average molecular weight is 373 g/mol. The zero-order valence-electron chi connectivity index (χ0n) is 15.1. The van der Waals surface area contributed by atoms with Crippen molar-refractivity contribution in [1.29, 1.82) is 0 Å². The first-order chi connectivity index (χ1) is 13.0. The number of amides is 4. The Labute approximate surface area is 157 Å². The van der Waals surface area contributed by atoms with Crippen LogP contribution in [-0.2, 0) is 16.1 Å². The monoisotopic (exact) mass is 373 g/mol. The van der Waals surface area contributed by atoms with Gasteiger partial charge in [0.05, 0.1) is 5.29 Å². The van der Waals surface area contributed by atoms with Crippen LogP contribution in [-0.4, -0.2) is 42.0 Å². The molecule has 27 heavy (non-hydrogen) atoms. The Morgan fingerprint density at radius 1 is 1.22 bits per heavy atom. The predicted molar refractivity (Wildman–Crippen MR) is 99.9 cm³/mol. The molecule has 0 aromatic heterocycles. The van der Waals surface area contributed by atoms with Crippen LogP contribution in [0.15, 0.2) is 35.6 Å². The summed E-state index contributed by atoms with van der Waals surface area (Å²) in [5, 5.41) is 10.9. The molecule has 9 nitrogen and oxygen atoms in total. The van der Waals surface area contributed by atoms with Crippen molar-refractivity contribution in [2.24, 2.45) is 5.29 Å². The third-order valence-corrected chi connectivity index (χ3v) is 3.52. The van der Waals surface area contributed by atoms with Crippen LogP contribution >= 0.6 is 0 Å². The van der Waals surface area contributed by atoms with E-state index in [1.807, 2.05) is 30.3 Å². The van der Waals surface area contributed by atoms with Crippen molar-refractivity contribution < 1.29 is 14.4 Å². The molecule has 0 bridgehead atoms. The lowest BCUT2D eigenvalue weighted by Gasteiger charge is -2.18. The second-order valence-electron chi connectivity index (χ2n) is 5.67. The van der Waals surface area contributed by atoms with Gasteiger partial charge in [0, 0.05) is 20.0 Å². The Kier molecular flexibility index (Phi) is 9.64. The highest BCUT2D eigenvalue weighted by Gasteiger charge is 2.19. The normalized spacial score (nSPS) is 10.8. The lowest BCUT2D eigenvalue weighted by atomic mass is 10.1. The molecule has 1 aromatic carbocycles. The standard InChI is InChI=1S/C18H23N5O4/c1-3-12-23(22-27)18(26)19-11-7-10-16(21-14(2)24)17(25)20-13-15-8-5-4-6-9-15/h1,4-6,8-9,16H,7,10-13H2,2H3,(H,19,26)(H,20,25)(H,21,24)/t16-/m0/s1. The molecule has 0 unspecified atom stereocenters. The van der Waals surface area contributed by atoms with Crippen LogP contribution in [0, 0.1) is 17.3 Å². The SMILES string of the molecule is C#CCN(N=O)C(=O)NCCC[C@H](NC(C)=O)C(=O)NCc1ccccc1. The van der Waals surface area contributed by atoms with Gasteiger partial charge in [-0.25, -0.2) is 4.79 Å². The number of urea groups is 1. The van der Waals surface area contributed by atoms with Gasteiger partial charge in [-0.3, -0.25) is 9.59 Å². The maximum absolute atomic E-state index is 12.3. The minimum Gasteiger partial charge on any atom is -0.350 e. The average Bonchev–Trinajstić information content (AvgIpc) is 2.66. The van der Waals surface area contributed by atoms with Crippen molar-refractivity contribution in [2.75, 3.05) is 13.1 Å². The van der Waals surface area contributed by atoms with Gasteiger partial charge < -0.3 is 16.0 Å². The van der Waals surface area contributed by atoms with Gasteiger partial charge in [0.2, 0.25) is 11.8 Å². The summed E-state index contributed by atoms with van der Waals surface area (Å²) in [4.78, 5) is 45.8. The zero-order chi connectivity index (χ0) is 20.1. The molecule has 1 atom stereocenters. The highest BCUT2D eigenvalue weighted by atomic mass is 16.3. The van der Waals surface area contributed by atoms with E-state index in [1.165, 1.54) is 6.92 Å². The molecular formula is C18H23N5O4. The molecular weight excluding hydrogens is 350 g/mol. The van der Waals surface area contributed by atoms with E-state index in [0.717, 1.165) is 5.56 Å². The van der Waals surface area contributed by atoms with Crippen molar-refractivity contribution in [3.8, 4) is 12.3 Å². The number of carbonyl (C=O) groups excluding carboxylic acids is 3. The summed E-state index contributed by atoms with van der Waals surface area (Å²) in [7, 11) is 0. The molecule has 0 aliphatic rings. The van der Waals surface area contributed by atoms with E-state index < -0.39 is 12.1 Å². The van der Waals surface area contributed by atoms with Gasteiger partial charge in [-0.05, 0) is 18.4 Å². The molecule has 4 amide bonds. The number of carbonyl (C=O) groups is 3. The first kappa shape index (κ1) is 21.6. The number of benzene rings is 1. The summed E-state index contributed by atoms with van der Waals surface area (Å²) in [6.45, 7) is 1.63. The maximum Gasteiger partial charge on any atom is 0.341 e. The van der Waals surface area contributed by atoms with E-state index in [2.05, 4.69) is 27.2 Å². The van der Waals surface area contributed by atoms with Gasteiger partial charge >= 0.3 is 6.03 Å². The van der Waals surface area contributed by atoms with Crippen molar-refractivity contribution in [2.45, 2.75) is 32.4 Å². The van der Waals surface area contributed by atoms with Gasteiger partial charge in [0.1, 0.15) is 12.6 Å². The van der Waals surface area contributed by atoms with Gasteiger partial charge in [-0.1, -0.05) is 36.3 Å². The highest BCUT2D eigenvalue weighted by molar-refractivity contribution is 5.86. The Bertz CT molecular complexity index is 687. The lowest BCUT2D eigenvalue weighted by molar-refractivity contribution is -0.128. The minimum absolute atomic E-state index is 0.192. The number of rotatable bonds is 10. The Morgan fingerprint density at radius 3 is 2.52 bits per heavy atom. The number of terminal acetylenes is 1. The summed E-state index contributed by atoms with van der Waals surface area (Å²) < 4.78 is 0. The minimum atomic E-state index is -0.728. The number of hydrogen-bond acceptors (Lipinski definition) is 5. The smallest absolute Gasteiger partial charge is 0.341 e. The molecule has 0 saturated carbocycles. The first-order valence-corrected chi connectivity index (χ1v) is 8.38. The largest absolute Gasteiger partial charge is 0.350 e. The quantitative estimate of drug-likeness (QED) is 0.244. The lowest BCUT2D eigenvalue weighted by Crippen LogP contribution is -2.46. The van der Waals surface area contributed by atoms with E-state index >= 15 is 0 Å². The fraction of sp³-hybridized carbons (Fsp3) is 0.389. The molecule has 0 aliphatic heterocycles. The highest BCUT2D eigenvalue weighted by Crippen LogP contribution is 2.01. The van der Waals surface area contributed by atoms with Gasteiger partial charge in [0.15, 0.2) is 0 Å². The summed E-state index contributed by atoms with van der Waals surface area (Å²) in [5.74, 6) is 1.50. The van der Waals surface area contributed by atoms with Crippen LogP contribution in [0.4, 0.5) is 4.79 Å². The van der Waals surface area contributed by atoms with Crippen LogP contribution in [0.25, 0.3) is 0 Å². The summed E-state index contributed by atoms with van der Waals surface area (Å²) >= 11 is 0. The Hall–Kier alpha value is -3.41. The van der Waals surface area contributed by atoms with Crippen LogP contribution in [0.1, 0.15) is 25.3 Å². The van der Waals surface area contributed by atoms with Crippen LogP contribution in [0.2, 0.25) is 0 Å². The molecule has 0 heterocycles.